The fourth-order valence-electron chi connectivity index (χ4n) is 2.81. The lowest BCUT2D eigenvalue weighted by molar-refractivity contribution is -0.137. The molecule has 0 bridgehead atoms. The minimum Gasteiger partial charge on any atom is -0.493 e. The van der Waals surface area contributed by atoms with Crippen molar-refractivity contribution in [3.63, 3.8) is 0 Å². The lowest BCUT2D eigenvalue weighted by Crippen LogP contribution is -2.35. The van der Waals surface area contributed by atoms with Gasteiger partial charge in [-0.2, -0.15) is 17.5 Å². The van der Waals surface area contributed by atoms with Crippen molar-refractivity contribution in [2.45, 2.75) is 17.5 Å². The molecular weight excluding hydrogens is 433 g/mol. The van der Waals surface area contributed by atoms with Gasteiger partial charge in [-0.25, -0.2) is 8.42 Å². The Morgan fingerprint density at radius 3 is 2.66 bits per heavy atom. The number of amides is 1. The summed E-state index contributed by atoms with van der Waals surface area (Å²) >= 11 is 5.54. The fraction of sp³-hybridized carbons (Fsp3) is 0.278. The molecule has 1 aliphatic rings. The number of carbonyl (C=O) groups excluding carboxylic acids is 1. The van der Waals surface area contributed by atoms with Crippen LogP contribution in [0.5, 0.6) is 5.75 Å². The highest BCUT2D eigenvalue weighted by atomic mass is 35.5. The first-order valence-corrected chi connectivity index (χ1v) is 10.2. The van der Waals surface area contributed by atoms with Crippen LogP contribution in [0.3, 0.4) is 0 Å². The van der Waals surface area contributed by atoms with E-state index >= 15 is 0 Å². The van der Waals surface area contributed by atoms with Gasteiger partial charge in [0.15, 0.2) is 0 Å². The monoisotopic (exact) mass is 448 g/mol. The maximum Gasteiger partial charge on any atom is 0.417 e. The molecule has 0 atom stereocenters. The van der Waals surface area contributed by atoms with Crippen LogP contribution in [0.25, 0.3) is 0 Å². The topological polar surface area (TPSA) is 75.7 Å². The number of alkyl halides is 3. The zero-order valence-corrected chi connectivity index (χ0v) is 16.7. The van der Waals surface area contributed by atoms with Crippen LogP contribution < -0.4 is 10.1 Å². The zero-order chi connectivity index (χ0) is 21.4. The largest absolute Gasteiger partial charge is 0.493 e. The zero-order valence-electron chi connectivity index (χ0n) is 15.1. The number of carbonyl (C=O) groups is 1. The summed E-state index contributed by atoms with van der Waals surface area (Å²) in [5.41, 5.74) is -0.490. The Bertz CT molecular complexity index is 1060. The first-order valence-electron chi connectivity index (χ1n) is 8.37. The number of benzene rings is 2. The maximum atomic E-state index is 12.9. The van der Waals surface area contributed by atoms with Gasteiger partial charge in [0, 0.05) is 19.2 Å². The molecular formula is C18H16ClF3N2O4S. The summed E-state index contributed by atoms with van der Waals surface area (Å²) in [7, 11) is -2.76. The van der Waals surface area contributed by atoms with E-state index in [1.54, 1.807) is 6.07 Å². The van der Waals surface area contributed by atoms with Gasteiger partial charge in [0.1, 0.15) is 5.75 Å². The first-order chi connectivity index (χ1) is 13.5. The Hall–Kier alpha value is -2.30. The molecule has 11 heteroatoms. The van der Waals surface area contributed by atoms with Crippen LogP contribution >= 0.6 is 11.6 Å². The molecule has 0 saturated heterocycles. The number of likely N-dealkylation sites (N-methyl/N-ethyl adjacent to an activating group) is 1. The average Bonchev–Trinajstić information content (AvgIpc) is 3.10. The number of fused-ring (bicyclic) bond motifs is 1. The highest BCUT2D eigenvalue weighted by Crippen LogP contribution is 2.36. The van der Waals surface area contributed by atoms with Crippen LogP contribution in [-0.2, 0) is 27.4 Å². The third-order valence-corrected chi connectivity index (χ3v) is 6.42. The Labute approximate surface area is 170 Å². The Kier molecular flexibility index (Phi) is 5.79. The van der Waals surface area contributed by atoms with Crippen LogP contribution in [0.4, 0.5) is 18.9 Å². The van der Waals surface area contributed by atoms with E-state index in [0.29, 0.717) is 24.8 Å². The molecule has 0 aromatic heterocycles. The predicted octanol–water partition coefficient (Wildman–Crippen LogP) is 3.55. The van der Waals surface area contributed by atoms with Gasteiger partial charge in [-0.1, -0.05) is 11.6 Å². The molecule has 0 spiro atoms. The molecule has 156 valence electrons. The minimum atomic E-state index is -4.69. The summed E-state index contributed by atoms with van der Waals surface area (Å²) in [5, 5.41) is 1.75. The number of hydrogen-bond donors (Lipinski definition) is 1. The van der Waals surface area contributed by atoms with Crippen molar-refractivity contribution in [2.24, 2.45) is 0 Å². The van der Waals surface area contributed by atoms with Crippen molar-refractivity contribution in [2.75, 3.05) is 25.5 Å². The number of rotatable bonds is 5. The summed E-state index contributed by atoms with van der Waals surface area (Å²) in [5.74, 6) is -0.177. The van der Waals surface area contributed by atoms with Gasteiger partial charge in [-0.15, -0.1) is 0 Å². The van der Waals surface area contributed by atoms with Gasteiger partial charge in [-0.05, 0) is 42.0 Å². The molecule has 0 fully saturated rings. The average molecular weight is 449 g/mol. The number of anilines is 1. The molecule has 0 radical (unpaired) electrons. The van der Waals surface area contributed by atoms with Crippen LogP contribution in [-0.4, -0.2) is 38.8 Å². The molecule has 3 rings (SSSR count). The maximum absolute atomic E-state index is 12.9. The Balaban J connectivity index is 1.72. The van der Waals surface area contributed by atoms with E-state index in [4.69, 9.17) is 16.3 Å². The molecule has 29 heavy (non-hydrogen) atoms. The summed E-state index contributed by atoms with van der Waals surface area (Å²) in [6, 6.07) is 7.31. The van der Waals surface area contributed by atoms with Gasteiger partial charge in [0.2, 0.25) is 15.9 Å². The van der Waals surface area contributed by atoms with Gasteiger partial charge >= 0.3 is 6.18 Å². The third-order valence-electron chi connectivity index (χ3n) is 4.29. The van der Waals surface area contributed by atoms with Gasteiger partial charge in [0.05, 0.1) is 28.6 Å². The molecule has 1 heterocycles. The molecule has 1 amide bonds. The number of nitrogens with one attached hydrogen (secondary N) is 1. The third kappa shape index (κ3) is 4.65. The number of hydrogen-bond acceptors (Lipinski definition) is 4. The van der Waals surface area contributed by atoms with E-state index in [0.717, 1.165) is 15.9 Å². The van der Waals surface area contributed by atoms with Crippen molar-refractivity contribution < 1.29 is 31.1 Å². The van der Waals surface area contributed by atoms with E-state index in [1.165, 1.54) is 25.2 Å². The molecule has 0 aliphatic carbocycles. The van der Waals surface area contributed by atoms with Gasteiger partial charge in [-0.3, -0.25) is 4.79 Å². The molecule has 6 nitrogen and oxygen atoms in total. The number of ether oxygens (including phenoxy) is 1. The molecule has 2 aromatic rings. The van der Waals surface area contributed by atoms with E-state index in [2.05, 4.69) is 5.32 Å². The summed E-state index contributed by atoms with van der Waals surface area (Å²) < 4.78 is 70.3. The predicted molar refractivity (Wildman–Crippen MR) is 101 cm³/mol. The van der Waals surface area contributed by atoms with Gasteiger partial charge < -0.3 is 10.1 Å². The van der Waals surface area contributed by atoms with Crippen molar-refractivity contribution >= 4 is 33.2 Å². The lowest BCUT2D eigenvalue weighted by atomic mass is 10.2. The van der Waals surface area contributed by atoms with Crippen LogP contribution in [0.1, 0.15) is 11.1 Å². The highest BCUT2D eigenvalue weighted by molar-refractivity contribution is 7.89. The Morgan fingerprint density at radius 1 is 1.24 bits per heavy atom. The quantitative estimate of drug-likeness (QED) is 0.759. The number of halogens is 4. The smallest absolute Gasteiger partial charge is 0.417 e. The van der Waals surface area contributed by atoms with E-state index in [9.17, 15) is 26.4 Å². The van der Waals surface area contributed by atoms with Crippen molar-refractivity contribution in [1.82, 2.24) is 4.31 Å². The number of nitrogens with zero attached hydrogens (tertiary/aromatic N) is 1. The molecule has 1 N–H and O–H groups in total. The first kappa shape index (κ1) is 21.4. The minimum absolute atomic E-state index is 0.00269. The highest BCUT2D eigenvalue weighted by Gasteiger charge is 2.33. The molecule has 0 unspecified atom stereocenters. The van der Waals surface area contributed by atoms with Crippen molar-refractivity contribution in [3.8, 4) is 5.75 Å². The molecule has 2 aromatic carbocycles. The Morgan fingerprint density at radius 2 is 1.97 bits per heavy atom. The fourth-order valence-corrected chi connectivity index (χ4v) is 4.21. The second kappa shape index (κ2) is 7.85. The second-order valence-corrected chi connectivity index (χ2v) is 8.82. The normalized spacial score (nSPS) is 13.9. The van der Waals surface area contributed by atoms with Crippen LogP contribution in [0.15, 0.2) is 41.3 Å². The van der Waals surface area contributed by atoms with E-state index < -0.39 is 39.2 Å². The van der Waals surface area contributed by atoms with Crippen LogP contribution in [0.2, 0.25) is 5.02 Å². The lowest BCUT2D eigenvalue weighted by Gasteiger charge is -2.18. The summed E-state index contributed by atoms with van der Waals surface area (Å²) in [6.07, 6.45) is -4.10. The van der Waals surface area contributed by atoms with E-state index in [-0.39, 0.29) is 10.6 Å². The second-order valence-electron chi connectivity index (χ2n) is 6.37. The van der Waals surface area contributed by atoms with Crippen molar-refractivity contribution in [1.29, 1.82) is 0 Å². The SMILES string of the molecule is CN(CC(=O)Nc1ccc(Cl)c(C(F)(F)F)c1)S(=O)(=O)c1ccc2c(c1)CCO2. The van der Waals surface area contributed by atoms with Gasteiger partial charge in [0.25, 0.3) is 0 Å². The molecule has 1 aliphatic heterocycles. The standard InChI is InChI=1S/C18H16ClF3N2O4S/c1-24(29(26,27)13-3-5-16-11(8-13)6-7-28-16)10-17(25)23-12-2-4-15(19)14(9-12)18(20,21)22/h2-5,8-9H,6-7,10H2,1H3,(H,23,25). The summed E-state index contributed by atoms with van der Waals surface area (Å²) in [6.45, 7) is -0.113. The van der Waals surface area contributed by atoms with Crippen molar-refractivity contribution in [3.05, 3.63) is 52.5 Å². The molecule has 0 saturated carbocycles. The number of sulfonamides is 1. The van der Waals surface area contributed by atoms with E-state index in [1.807, 2.05) is 0 Å². The summed E-state index contributed by atoms with van der Waals surface area (Å²) in [4.78, 5) is 12.2. The van der Waals surface area contributed by atoms with Crippen LogP contribution in [0, 0.1) is 0 Å².